The van der Waals surface area contributed by atoms with Crippen LogP contribution in [0.2, 0.25) is 0 Å². The zero-order valence-corrected chi connectivity index (χ0v) is 7.86. The second-order valence-corrected chi connectivity index (χ2v) is 3.15. The maximum atomic E-state index is 5.92. The summed E-state index contributed by atoms with van der Waals surface area (Å²) in [7, 11) is 1.64. The van der Waals surface area contributed by atoms with Crippen LogP contribution in [0, 0.1) is 0 Å². The second-order valence-electron chi connectivity index (χ2n) is 3.15. The Bertz CT molecular complexity index is 246. The van der Waals surface area contributed by atoms with E-state index in [0.717, 1.165) is 5.56 Å². The van der Waals surface area contributed by atoms with Gasteiger partial charge >= 0.3 is 0 Å². The van der Waals surface area contributed by atoms with Crippen LogP contribution < -0.4 is 11.5 Å². The summed E-state index contributed by atoms with van der Waals surface area (Å²) in [5.41, 5.74) is 12.0. The second kappa shape index (κ2) is 4.37. The van der Waals surface area contributed by atoms with Crippen molar-refractivity contribution in [3.63, 3.8) is 0 Å². The van der Waals surface area contributed by atoms with Crippen molar-refractivity contribution in [2.24, 2.45) is 11.5 Å². The molecule has 0 aliphatic carbocycles. The molecular weight excluding hydrogens is 164 g/mol. The zero-order valence-electron chi connectivity index (χ0n) is 7.86. The Labute approximate surface area is 78.7 Å². The average molecular weight is 180 g/mol. The maximum absolute atomic E-state index is 5.92. The summed E-state index contributed by atoms with van der Waals surface area (Å²) in [6, 6.07) is 9.65. The molecule has 3 heteroatoms. The molecule has 0 bridgehead atoms. The Balaban J connectivity index is 2.69. The van der Waals surface area contributed by atoms with E-state index in [0.29, 0.717) is 13.0 Å². The highest BCUT2D eigenvalue weighted by atomic mass is 16.5. The molecule has 0 saturated carbocycles. The summed E-state index contributed by atoms with van der Waals surface area (Å²) in [5.74, 6) is 0. The molecule has 72 valence electrons. The molecular formula is C10H16N2O. The molecule has 1 aromatic carbocycles. The fourth-order valence-electron chi connectivity index (χ4n) is 1.16. The molecule has 0 radical (unpaired) electrons. The lowest BCUT2D eigenvalue weighted by atomic mass is 9.98. The minimum atomic E-state index is -0.780. The van der Waals surface area contributed by atoms with E-state index in [2.05, 4.69) is 0 Å². The highest BCUT2D eigenvalue weighted by Crippen LogP contribution is 2.15. The zero-order chi connectivity index (χ0) is 9.73. The van der Waals surface area contributed by atoms with Gasteiger partial charge in [-0.15, -0.1) is 0 Å². The first kappa shape index (κ1) is 10.2. The highest BCUT2D eigenvalue weighted by Gasteiger charge is 2.20. The van der Waals surface area contributed by atoms with Gasteiger partial charge in [-0.25, -0.2) is 0 Å². The third-order valence-corrected chi connectivity index (χ3v) is 2.03. The van der Waals surface area contributed by atoms with E-state index >= 15 is 0 Å². The summed E-state index contributed by atoms with van der Waals surface area (Å²) in [5, 5.41) is 0. The van der Waals surface area contributed by atoms with Crippen molar-refractivity contribution in [2.75, 3.05) is 13.7 Å². The van der Waals surface area contributed by atoms with Gasteiger partial charge in [-0.3, -0.25) is 0 Å². The standard InChI is InChI=1S/C10H16N2O/c1-13-8-7-10(11,12)9-5-3-2-4-6-9/h2-6H,7-8,11-12H2,1H3. The van der Waals surface area contributed by atoms with Gasteiger partial charge in [-0.2, -0.15) is 0 Å². The lowest BCUT2D eigenvalue weighted by Crippen LogP contribution is -2.46. The highest BCUT2D eigenvalue weighted by molar-refractivity contribution is 5.22. The molecule has 0 atom stereocenters. The van der Waals surface area contributed by atoms with Gasteiger partial charge in [0, 0.05) is 20.1 Å². The summed E-state index contributed by atoms with van der Waals surface area (Å²) < 4.78 is 4.94. The molecule has 3 nitrogen and oxygen atoms in total. The molecule has 1 aromatic rings. The fraction of sp³-hybridized carbons (Fsp3) is 0.400. The van der Waals surface area contributed by atoms with Crippen LogP contribution in [-0.4, -0.2) is 13.7 Å². The lowest BCUT2D eigenvalue weighted by molar-refractivity contribution is 0.169. The average Bonchev–Trinajstić information content (AvgIpc) is 2.16. The van der Waals surface area contributed by atoms with Gasteiger partial charge in [0.25, 0.3) is 0 Å². The number of methoxy groups -OCH3 is 1. The Kier molecular flexibility index (Phi) is 3.42. The number of ether oxygens (including phenoxy) is 1. The number of rotatable bonds is 4. The van der Waals surface area contributed by atoms with Gasteiger partial charge in [0.15, 0.2) is 0 Å². The van der Waals surface area contributed by atoms with Crippen molar-refractivity contribution >= 4 is 0 Å². The molecule has 0 spiro atoms. The molecule has 0 heterocycles. The fourth-order valence-corrected chi connectivity index (χ4v) is 1.16. The quantitative estimate of drug-likeness (QED) is 0.673. The van der Waals surface area contributed by atoms with Crippen molar-refractivity contribution in [2.45, 2.75) is 12.1 Å². The van der Waals surface area contributed by atoms with Crippen molar-refractivity contribution in [3.05, 3.63) is 35.9 Å². The molecule has 4 N–H and O–H groups in total. The topological polar surface area (TPSA) is 61.3 Å². The van der Waals surface area contributed by atoms with Crippen LogP contribution in [0.3, 0.4) is 0 Å². The third-order valence-electron chi connectivity index (χ3n) is 2.03. The van der Waals surface area contributed by atoms with Gasteiger partial charge in [0.2, 0.25) is 0 Å². The van der Waals surface area contributed by atoms with Crippen LogP contribution in [0.1, 0.15) is 12.0 Å². The molecule has 0 aliphatic heterocycles. The van der Waals surface area contributed by atoms with E-state index < -0.39 is 5.66 Å². The molecule has 1 rings (SSSR count). The summed E-state index contributed by atoms with van der Waals surface area (Å²) >= 11 is 0. The molecule has 0 amide bonds. The summed E-state index contributed by atoms with van der Waals surface area (Å²) in [4.78, 5) is 0. The first-order valence-electron chi connectivity index (χ1n) is 4.29. The van der Waals surface area contributed by atoms with E-state index in [4.69, 9.17) is 16.2 Å². The molecule has 0 saturated heterocycles. The van der Waals surface area contributed by atoms with E-state index in [1.165, 1.54) is 0 Å². The molecule has 0 aliphatic rings. The van der Waals surface area contributed by atoms with Gasteiger partial charge < -0.3 is 16.2 Å². The minimum absolute atomic E-state index is 0.571. The van der Waals surface area contributed by atoms with Gasteiger partial charge in [-0.1, -0.05) is 30.3 Å². The largest absolute Gasteiger partial charge is 0.385 e. The summed E-state index contributed by atoms with van der Waals surface area (Å²) in [6.45, 7) is 0.571. The first-order chi connectivity index (χ1) is 6.17. The van der Waals surface area contributed by atoms with E-state index in [1.54, 1.807) is 7.11 Å². The molecule has 0 aromatic heterocycles. The van der Waals surface area contributed by atoms with Crippen LogP contribution in [0.15, 0.2) is 30.3 Å². The predicted octanol–water partition coefficient (Wildman–Crippen LogP) is 0.793. The van der Waals surface area contributed by atoms with Crippen LogP contribution in [0.25, 0.3) is 0 Å². The summed E-state index contributed by atoms with van der Waals surface area (Å²) in [6.07, 6.45) is 0.619. The minimum Gasteiger partial charge on any atom is -0.385 e. The van der Waals surface area contributed by atoms with Crippen LogP contribution in [0.4, 0.5) is 0 Å². The first-order valence-corrected chi connectivity index (χ1v) is 4.29. The normalized spacial score (nSPS) is 11.6. The predicted molar refractivity (Wildman–Crippen MR) is 53.0 cm³/mol. The lowest BCUT2D eigenvalue weighted by Gasteiger charge is -2.24. The van der Waals surface area contributed by atoms with Gasteiger partial charge in [0.05, 0.1) is 5.66 Å². The van der Waals surface area contributed by atoms with Crippen molar-refractivity contribution in [3.8, 4) is 0 Å². The number of benzene rings is 1. The Morgan fingerprint density at radius 2 is 1.85 bits per heavy atom. The van der Waals surface area contributed by atoms with E-state index in [-0.39, 0.29) is 0 Å². The number of hydrogen-bond donors (Lipinski definition) is 2. The van der Waals surface area contributed by atoms with Gasteiger partial charge in [0.1, 0.15) is 0 Å². The third kappa shape index (κ3) is 2.81. The van der Waals surface area contributed by atoms with E-state index in [1.807, 2.05) is 30.3 Å². The molecule has 13 heavy (non-hydrogen) atoms. The van der Waals surface area contributed by atoms with Crippen LogP contribution >= 0.6 is 0 Å². The Hall–Kier alpha value is -0.900. The molecule has 0 fully saturated rings. The van der Waals surface area contributed by atoms with Crippen molar-refractivity contribution in [1.82, 2.24) is 0 Å². The monoisotopic (exact) mass is 180 g/mol. The smallest absolute Gasteiger partial charge is 0.0921 e. The molecule has 0 unspecified atom stereocenters. The number of nitrogens with two attached hydrogens (primary N) is 2. The van der Waals surface area contributed by atoms with Crippen LogP contribution in [-0.2, 0) is 10.4 Å². The van der Waals surface area contributed by atoms with Crippen molar-refractivity contribution in [1.29, 1.82) is 0 Å². The number of hydrogen-bond acceptors (Lipinski definition) is 3. The van der Waals surface area contributed by atoms with Crippen LogP contribution in [0.5, 0.6) is 0 Å². The SMILES string of the molecule is COCCC(N)(N)c1ccccc1. The van der Waals surface area contributed by atoms with Crippen molar-refractivity contribution < 1.29 is 4.74 Å². The van der Waals surface area contributed by atoms with Gasteiger partial charge in [-0.05, 0) is 5.56 Å². The Morgan fingerprint density at radius 1 is 1.23 bits per heavy atom. The Morgan fingerprint density at radius 3 is 2.38 bits per heavy atom. The van der Waals surface area contributed by atoms with E-state index in [9.17, 15) is 0 Å². The maximum Gasteiger partial charge on any atom is 0.0921 e.